The van der Waals surface area contributed by atoms with Gasteiger partial charge in [-0.3, -0.25) is 10.1 Å². The predicted octanol–water partition coefficient (Wildman–Crippen LogP) is 4.76. The Bertz CT molecular complexity index is 937. The first-order valence-corrected chi connectivity index (χ1v) is 9.59. The maximum absolute atomic E-state index is 12.7. The van der Waals surface area contributed by atoms with Crippen molar-refractivity contribution < 1.29 is 14.3 Å². The van der Waals surface area contributed by atoms with Gasteiger partial charge in [0.15, 0.2) is 5.13 Å². The number of halogens is 1. The maximum Gasteiger partial charge on any atom is 0.261 e. The number of hydrogen-bond donors (Lipinski definition) is 1. The lowest BCUT2D eigenvalue weighted by atomic mass is 10.2. The third kappa shape index (κ3) is 3.82. The molecule has 0 saturated carbocycles. The van der Waals surface area contributed by atoms with Crippen LogP contribution in [0.25, 0.3) is 10.2 Å². The molecule has 1 aromatic heterocycles. The van der Waals surface area contributed by atoms with E-state index in [1.54, 1.807) is 18.2 Å². The number of nitrogens with one attached hydrogen (secondary N) is 1. The zero-order valence-corrected chi connectivity index (χ0v) is 15.5. The van der Waals surface area contributed by atoms with Crippen molar-refractivity contribution in [3.63, 3.8) is 0 Å². The maximum atomic E-state index is 12.7. The van der Waals surface area contributed by atoms with Crippen LogP contribution in [0.2, 0.25) is 5.02 Å². The molecule has 1 amide bonds. The van der Waals surface area contributed by atoms with Crippen molar-refractivity contribution in [1.82, 2.24) is 4.98 Å². The minimum Gasteiger partial charge on any atom is -0.490 e. The summed E-state index contributed by atoms with van der Waals surface area (Å²) in [6.07, 6.45) is 2.14. The fourth-order valence-corrected chi connectivity index (χ4v) is 3.99. The highest BCUT2D eigenvalue weighted by Gasteiger charge is 2.19. The summed E-state index contributed by atoms with van der Waals surface area (Å²) < 4.78 is 12.3. The Morgan fingerprint density at radius 1 is 1.35 bits per heavy atom. The second kappa shape index (κ2) is 7.61. The number of aromatic nitrogens is 1. The molecule has 1 aliphatic heterocycles. The van der Waals surface area contributed by atoms with Gasteiger partial charge in [0.25, 0.3) is 5.91 Å². The summed E-state index contributed by atoms with van der Waals surface area (Å²) in [5.74, 6) is 0.294. The summed E-state index contributed by atoms with van der Waals surface area (Å²) in [4.78, 5) is 17.1. The fourth-order valence-electron chi connectivity index (χ4n) is 2.85. The summed E-state index contributed by atoms with van der Waals surface area (Å²) in [7, 11) is 0. The molecule has 7 heteroatoms. The van der Waals surface area contributed by atoms with Crippen LogP contribution in [0.5, 0.6) is 5.75 Å². The smallest absolute Gasteiger partial charge is 0.261 e. The number of thiazole rings is 1. The number of carbonyl (C=O) groups is 1. The zero-order chi connectivity index (χ0) is 17.9. The van der Waals surface area contributed by atoms with Gasteiger partial charge in [-0.1, -0.05) is 35.1 Å². The molecular formula is C19H17ClN2O3S. The van der Waals surface area contributed by atoms with Gasteiger partial charge in [0.05, 0.1) is 21.9 Å². The molecule has 3 aromatic rings. The van der Waals surface area contributed by atoms with Gasteiger partial charge in [0.1, 0.15) is 12.4 Å². The molecule has 1 unspecified atom stereocenters. The standard InChI is InChI=1S/C19H17ClN2O3S/c20-12-7-8-15-17(10-12)26-19(21-15)22-18(23)14-5-1-2-6-16(14)25-11-13-4-3-9-24-13/h1-2,5-8,10,13H,3-4,9,11H2,(H,21,22,23). The molecule has 1 saturated heterocycles. The van der Waals surface area contributed by atoms with Gasteiger partial charge in [-0.25, -0.2) is 4.98 Å². The molecule has 1 fully saturated rings. The summed E-state index contributed by atoms with van der Waals surface area (Å²) in [5.41, 5.74) is 1.28. The van der Waals surface area contributed by atoms with Gasteiger partial charge in [-0.15, -0.1) is 0 Å². The van der Waals surface area contributed by atoms with E-state index in [0.29, 0.717) is 28.1 Å². The van der Waals surface area contributed by atoms with Crippen molar-refractivity contribution in [2.75, 3.05) is 18.5 Å². The molecule has 1 atom stereocenters. The molecule has 0 spiro atoms. The number of hydrogen-bond acceptors (Lipinski definition) is 5. The topological polar surface area (TPSA) is 60.5 Å². The van der Waals surface area contributed by atoms with E-state index >= 15 is 0 Å². The average Bonchev–Trinajstić information content (AvgIpc) is 3.29. The van der Waals surface area contributed by atoms with Crippen molar-refractivity contribution in [3.05, 3.63) is 53.1 Å². The van der Waals surface area contributed by atoms with Crippen molar-refractivity contribution in [1.29, 1.82) is 0 Å². The molecule has 5 nitrogen and oxygen atoms in total. The highest BCUT2D eigenvalue weighted by Crippen LogP contribution is 2.29. The SMILES string of the molecule is O=C(Nc1nc2ccc(Cl)cc2s1)c1ccccc1OCC1CCCO1. The molecule has 1 aliphatic rings. The predicted molar refractivity (Wildman–Crippen MR) is 103 cm³/mol. The van der Waals surface area contributed by atoms with Gasteiger partial charge in [0.2, 0.25) is 0 Å². The second-order valence-electron chi connectivity index (χ2n) is 6.03. The van der Waals surface area contributed by atoms with E-state index in [9.17, 15) is 4.79 Å². The molecule has 2 aromatic carbocycles. The van der Waals surface area contributed by atoms with E-state index in [0.717, 1.165) is 29.7 Å². The molecular weight excluding hydrogens is 372 g/mol. The van der Waals surface area contributed by atoms with E-state index in [-0.39, 0.29) is 12.0 Å². The van der Waals surface area contributed by atoms with Crippen molar-refractivity contribution in [2.45, 2.75) is 18.9 Å². The molecule has 0 radical (unpaired) electrons. The Morgan fingerprint density at radius 2 is 2.23 bits per heavy atom. The number of carbonyl (C=O) groups excluding carboxylic acids is 1. The number of nitrogens with zero attached hydrogens (tertiary/aromatic N) is 1. The van der Waals surface area contributed by atoms with E-state index in [1.165, 1.54) is 11.3 Å². The summed E-state index contributed by atoms with van der Waals surface area (Å²) >= 11 is 7.39. The summed E-state index contributed by atoms with van der Waals surface area (Å²) in [6.45, 7) is 1.22. The number of rotatable bonds is 5. The van der Waals surface area contributed by atoms with Gasteiger partial charge < -0.3 is 9.47 Å². The van der Waals surface area contributed by atoms with Crippen LogP contribution in [0.1, 0.15) is 23.2 Å². The lowest BCUT2D eigenvalue weighted by Crippen LogP contribution is -2.19. The number of anilines is 1. The van der Waals surface area contributed by atoms with Crippen LogP contribution in [0.15, 0.2) is 42.5 Å². The van der Waals surface area contributed by atoms with Crippen LogP contribution >= 0.6 is 22.9 Å². The monoisotopic (exact) mass is 388 g/mol. The van der Waals surface area contributed by atoms with Gasteiger partial charge >= 0.3 is 0 Å². The van der Waals surface area contributed by atoms with Crippen LogP contribution in [0.4, 0.5) is 5.13 Å². The van der Waals surface area contributed by atoms with Crippen molar-refractivity contribution in [2.24, 2.45) is 0 Å². The molecule has 1 N–H and O–H groups in total. The summed E-state index contributed by atoms with van der Waals surface area (Å²) in [6, 6.07) is 12.6. The molecule has 26 heavy (non-hydrogen) atoms. The van der Waals surface area contributed by atoms with Crippen LogP contribution in [0.3, 0.4) is 0 Å². The number of amides is 1. The molecule has 2 heterocycles. The number of para-hydroxylation sites is 1. The average molecular weight is 389 g/mol. The highest BCUT2D eigenvalue weighted by molar-refractivity contribution is 7.22. The third-order valence-corrected chi connectivity index (χ3v) is 5.32. The van der Waals surface area contributed by atoms with E-state index in [4.69, 9.17) is 21.1 Å². The number of fused-ring (bicyclic) bond motifs is 1. The van der Waals surface area contributed by atoms with Gasteiger partial charge in [-0.2, -0.15) is 0 Å². The van der Waals surface area contributed by atoms with E-state index in [2.05, 4.69) is 10.3 Å². The Hall–Kier alpha value is -2.15. The molecule has 0 bridgehead atoms. The molecule has 134 valence electrons. The Morgan fingerprint density at radius 3 is 3.08 bits per heavy atom. The van der Waals surface area contributed by atoms with Gasteiger partial charge in [0, 0.05) is 11.6 Å². The minimum absolute atomic E-state index is 0.0973. The Kier molecular flexibility index (Phi) is 5.06. The van der Waals surface area contributed by atoms with Crippen molar-refractivity contribution >= 4 is 44.2 Å². The van der Waals surface area contributed by atoms with E-state index < -0.39 is 0 Å². The lowest BCUT2D eigenvalue weighted by Gasteiger charge is -2.14. The lowest BCUT2D eigenvalue weighted by molar-refractivity contribution is 0.0673. The fraction of sp³-hybridized carbons (Fsp3) is 0.263. The number of ether oxygens (including phenoxy) is 2. The molecule has 0 aliphatic carbocycles. The second-order valence-corrected chi connectivity index (χ2v) is 7.49. The first-order valence-electron chi connectivity index (χ1n) is 8.40. The first-order chi connectivity index (χ1) is 12.7. The van der Waals surface area contributed by atoms with E-state index in [1.807, 2.05) is 24.3 Å². The zero-order valence-electron chi connectivity index (χ0n) is 13.9. The van der Waals surface area contributed by atoms with Crippen LogP contribution in [0, 0.1) is 0 Å². The Labute approximate surface area is 159 Å². The van der Waals surface area contributed by atoms with Crippen LogP contribution < -0.4 is 10.1 Å². The van der Waals surface area contributed by atoms with Gasteiger partial charge in [-0.05, 0) is 43.2 Å². The normalized spacial score (nSPS) is 16.7. The Balaban J connectivity index is 1.49. The molecule has 4 rings (SSSR count). The highest BCUT2D eigenvalue weighted by atomic mass is 35.5. The van der Waals surface area contributed by atoms with Crippen LogP contribution in [-0.4, -0.2) is 30.2 Å². The third-order valence-electron chi connectivity index (χ3n) is 4.15. The first kappa shape index (κ1) is 17.3. The number of benzene rings is 2. The largest absolute Gasteiger partial charge is 0.490 e. The minimum atomic E-state index is -0.252. The van der Waals surface area contributed by atoms with Crippen molar-refractivity contribution in [3.8, 4) is 5.75 Å². The van der Waals surface area contributed by atoms with Crippen LogP contribution in [-0.2, 0) is 4.74 Å². The summed E-state index contributed by atoms with van der Waals surface area (Å²) in [5, 5.41) is 4.02. The quantitative estimate of drug-likeness (QED) is 0.684.